The molecule has 0 radical (unpaired) electrons. The molecular weight excluding hydrogens is 235 g/mol. The molecule has 0 fully saturated rings. The Labute approximate surface area is 89.8 Å². The third-order valence-corrected chi connectivity index (χ3v) is 2.24. The van der Waals surface area contributed by atoms with Gasteiger partial charge in [-0.2, -0.15) is 0 Å². The van der Waals surface area contributed by atoms with E-state index in [-0.39, 0.29) is 28.0 Å². The van der Waals surface area contributed by atoms with Crippen molar-refractivity contribution in [1.82, 2.24) is 4.98 Å². The van der Waals surface area contributed by atoms with E-state index in [0.29, 0.717) is 0 Å². The van der Waals surface area contributed by atoms with Gasteiger partial charge in [-0.3, -0.25) is 0 Å². The number of hydrogen-bond acceptors (Lipinski definition) is 2. The molecule has 0 aromatic carbocycles. The van der Waals surface area contributed by atoms with E-state index >= 15 is 0 Å². The second-order valence-corrected chi connectivity index (χ2v) is 3.09. The zero-order valence-corrected chi connectivity index (χ0v) is 8.74. The van der Waals surface area contributed by atoms with Gasteiger partial charge in [0.05, 0.1) is 18.7 Å². The zero-order valence-electron chi connectivity index (χ0n) is 7.23. The third kappa shape index (κ3) is 2.25. The van der Waals surface area contributed by atoms with Gasteiger partial charge in [0, 0.05) is 6.07 Å². The quantitative estimate of drug-likeness (QED) is 0.757. The number of methoxy groups -OCH3 is 1. The summed E-state index contributed by atoms with van der Waals surface area (Å²) in [5.74, 6) is 0.128. The lowest BCUT2D eigenvalue weighted by atomic mass is 10.3. The van der Waals surface area contributed by atoms with Gasteiger partial charge in [0.2, 0.25) is 0 Å². The zero-order chi connectivity index (χ0) is 10.7. The first-order valence-corrected chi connectivity index (χ1v) is 4.58. The lowest BCUT2D eigenvalue weighted by molar-refractivity contribution is 0.145. The summed E-state index contributed by atoms with van der Waals surface area (Å²) in [6.07, 6.45) is -2.66. The molecule has 0 N–H and O–H groups in total. The topological polar surface area (TPSA) is 22.1 Å². The molecule has 0 amide bonds. The van der Waals surface area contributed by atoms with Crippen LogP contribution < -0.4 is 4.74 Å². The predicted octanol–water partition coefficient (Wildman–Crippen LogP) is 3.42. The first kappa shape index (κ1) is 11.5. The normalized spacial score (nSPS) is 10.7. The summed E-state index contributed by atoms with van der Waals surface area (Å²) in [6.45, 7) is 0. The number of rotatable bonds is 3. The van der Waals surface area contributed by atoms with Crippen LogP contribution in [0, 0.1) is 0 Å². The van der Waals surface area contributed by atoms with Gasteiger partial charge in [-0.05, 0) is 0 Å². The lowest BCUT2D eigenvalue weighted by Gasteiger charge is -2.08. The van der Waals surface area contributed by atoms with E-state index in [1.165, 1.54) is 7.11 Å². The number of alkyl halides is 3. The molecule has 0 aliphatic carbocycles. The molecule has 0 spiro atoms. The fourth-order valence-corrected chi connectivity index (χ4v) is 1.43. The van der Waals surface area contributed by atoms with Crippen LogP contribution in [0.2, 0.25) is 5.02 Å². The van der Waals surface area contributed by atoms with Crippen molar-refractivity contribution in [1.29, 1.82) is 0 Å². The number of ether oxygens (including phenoxy) is 1. The minimum atomic E-state index is -2.66. The molecule has 14 heavy (non-hydrogen) atoms. The van der Waals surface area contributed by atoms with Crippen molar-refractivity contribution in [2.24, 2.45) is 0 Å². The van der Waals surface area contributed by atoms with Crippen LogP contribution in [0.5, 0.6) is 5.75 Å². The second kappa shape index (κ2) is 4.75. The number of nitrogens with zero attached hydrogens (tertiary/aromatic N) is 1. The first-order valence-electron chi connectivity index (χ1n) is 3.67. The Kier molecular flexibility index (Phi) is 3.89. The van der Waals surface area contributed by atoms with Gasteiger partial charge in [0.1, 0.15) is 16.5 Å². The van der Waals surface area contributed by atoms with Gasteiger partial charge in [-0.1, -0.05) is 11.6 Å². The molecule has 0 atom stereocenters. The second-order valence-electron chi connectivity index (χ2n) is 2.44. The average Bonchev–Trinajstić information content (AvgIpc) is 2.17. The molecule has 0 unspecified atom stereocenters. The monoisotopic (exact) mass is 241 g/mol. The van der Waals surface area contributed by atoms with E-state index in [1.807, 2.05) is 0 Å². The molecule has 0 bridgehead atoms. The van der Waals surface area contributed by atoms with E-state index in [4.69, 9.17) is 27.9 Å². The van der Waals surface area contributed by atoms with Crippen molar-refractivity contribution in [3.8, 4) is 5.75 Å². The van der Waals surface area contributed by atoms with Crippen molar-refractivity contribution in [3.63, 3.8) is 0 Å². The number of hydrogen-bond donors (Lipinski definition) is 0. The maximum Gasteiger partial charge on any atom is 0.280 e. The van der Waals surface area contributed by atoms with Gasteiger partial charge in [0.25, 0.3) is 6.43 Å². The van der Waals surface area contributed by atoms with Crippen LogP contribution in [0.15, 0.2) is 6.07 Å². The van der Waals surface area contributed by atoms with Crippen molar-refractivity contribution < 1.29 is 13.5 Å². The van der Waals surface area contributed by atoms with Gasteiger partial charge in [-0.15, -0.1) is 11.6 Å². The van der Waals surface area contributed by atoms with Crippen LogP contribution >= 0.6 is 23.2 Å². The Morgan fingerprint density at radius 3 is 2.64 bits per heavy atom. The summed E-state index contributed by atoms with van der Waals surface area (Å²) in [7, 11) is 1.34. The van der Waals surface area contributed by atoms with Crippen LogP contribution in [0.1, 0.15) is 17.8 Å². The summed E-state index contributed by atoms with van der Waals surface area (Å²) in [5.41, 5.74) is -0.190. The highest BCUT2D eigenvalue weighted by Crippen LogP contribution is 2.31. The highest BCUT2D eigenvalue weighted by atomic mass is 35.5. The Morgan fingerprint density at radius 2 is 2.21 bits per heavy atom. The van der Waals surface area contributed by atoms with Gasteiger partial charge < -0.3 is 4.74 Å². The summed E-state index contributed by atoms with van der Waals surface area (Å²) in [6, 6.07) is 1.10. The largest absolute Gasteiger partial charge is 0.495 e. The van der Waals surface area contributed by atoms with Crippen LogP contribution in [0.25, 0.3) is 0 Å². The van der Waals surface area contributed by atoms with Crippen molar-refractivity contribution in [2.75, 3.05) is 7.11 Å². The molecule has 1 aromatic heterocycles. The highest BCUT2D eigenvalue weighted by molar-refractivity contribution is 6.33. The highest BCUT2D eigenvalue weighted by Gasteiger charge is 2.16. The number of pyridine rings is 1. The van der Waals surface area contributed by atoms with Crippen LogP contribution in [0.4, 0.5) is 8.78 Å². The molecule has 1 heterocycles. The van der Waals surface area contributed by atoms with Crippen LogP contribution in [-0.4, -0.2) is 12.1 Å². The Morgan fingerprint density at radius 1 is 1.57 bits per heavy atom. The molecule has 0 aliphatic heterocycles. The summed E-state index contributed by atoms with van der Waals surface area (Å²) >= 11 is 11.3. The summed E-state index contributed by atoms with van der Waals surface area (Å²) in [5, 5.41) is 0.173. The average molecular weight is 242 g/mol. The molecule has 0 aliphatic rings. The smallest absolute Gasteiger partial charge is 0.280 e. The standard InChI is InChI=1S/C8H7Cl2F2NO/c1-14-6-2-4(8(11)12)13-5(3-9)7(6)10/h2,8H,3H2,1H3. The van der Waals surface area contributed by atoms with E-state index in [0.717, 1.165) is 6.07 Å². The Hall–Kier alpha value is -0.610. The maximum absolute atomic E-state index is 12.3. The SMILES string of the molecule is COc1cc(C(F)F)nc(CCl)c1Cl. The minimum absolute atomic E-state index is 0.0320. The molecule has 0 saturated carbocycles. The lowest BCUT2D eigenvalue weighted by Crippen LogP contribution is -1.98. The minimum Gasteiger partial charge on any atom is -0.495 e. The fraction of sp³-hybridized carbons (Fsp3) is 0.375. The van der Waals surface area contributed by atoms with Crippen LogP contribution in [-0.2, 0) is 5.88 Å². The summed E-state index contributed by atoms with van der Waals surface area (Å²) in [4.78, 5) is 3.60. The van der Waals surface area contributed by atoms with Gasteiger partial charge in [0.15, 0.2) is 0 Å². The molecule has 1 aromatic rings. The maximum atomic E-state index is 12.3. The van der Waals surface area contributed by atoms with Crippen LogP contribution in [0.3, 0.4) is 0 Å². The van der Waals surface area contributed by atoms with Gasteiger partial charge in [-0.25, -0.2) is 13.8 Å². The molecule has 0 saturated heterocycles. The molecule has 1 rings (SSSR count). The number of halogens is 4. The Balaban J connectivity index is 3.25. The molecule has 6 heteroatoms. The predicted molar refractivity (Wildman–Crippen MR) is 50.3 cm³/mol. The van der Waals surface area contributed by atoms with E-state index in [9.17, 15) is 8.78 Å². The Bertz CT molecular complexity index is 308. The van der Waals surface area contributed by atoms with Gasteiger partial charge >= 0.3 is 0 Å². The third-order valence-electron chi connectivity index (χ3n) is 1.58. The molecule has 2 nitrogen and oxygen atoms in total. The van der Waals surface area contributed by atoms with Crippen molar-refractivity contribution >= 4 is 23.2 Å². The molecule has 78 valence electrons. The summed E-state index contributed by atoms with van der Waals surface area (Å²) < 4.78 is 29.5. The first-order chi connectivity index (χ1) is 6.60. The molecular formula is C8H7Cl2F2NO. The van der Waals surface area contributed by atoms with Crippen molar-refractivity contribution in [2.45, 2.75) is 12.3 Å². The van der Waals surface area contributed by atoms with E-state index in [1.54, 1.807) is 0 Å². The van der Waals surface area contributed by atoms with Crippen molar-refractivity contribution in [3.05, 3.63) is 22.5 Å². The van der Waals surface area contributed by atoms with E-state index in [2.05, 4.69) is 4.98 Å². The van der Waals surface area contributed by atoms with E-state index < -0.39 is 6.43 Å². The number of aromatic nitrogens is 1. The fourth-order valence-electron chi connectivity index (χ4n) is 0.926.